The van der Waals surface area contributed by atoms with E-state index < -0.39 is 17.1 Å². The number of nitrogens with zero attached hydrogens (tertiary/aromatic N) is 3. The molecular weight excluding hydrogens is 459 g/mol. The summed E-state index contributed by atoms with van der Waals surface area (Å²) in [6, 6.07) is 5.67. The number of pyridine rings is 1. The molecule has 1 aromatic carbocycles. The monoisotopic (exact) mass is 490 g/mol. The summed E-state index contributed by atoms with van der Waals surface area (Å²) in [6.45, 7) is 8.87. The molecule has 188 valence electrons. The maximum Gasteiger partial charge on any atom is 0.248 e. The van der Waals surface area contributed by atoms with Gasteiger partial charge in [0.1, 0.15) is 0 Å². The molecule has 0 bridgehead atoms. The maximum atomic E-state index is 16.2. The van der Waals surface area contributed by atoms with E-state index in [9.17, 15) is 9.59 Å². The molecule has 0 spiro atoms. The van der Waals surface area contributed by atoms with E-state index in [1.165, 1.54) is 0 Å². The van der Waals surface area contributed by atoms with Gasteiger partial charge in [0.25, 0.3) is 0 Å². The van der Waals surface area contributed by atoms with Gasteiger partial charge in [-0.2, -0.15) is 0 Å². The Labute approximate surface area is 210 Å². The van der Waals surface area contributed by atoms with Crippen LogP contribution in [0.1, 0.15) is 64.1 Å². The van der Waals surface area contributed by atoms with Crippen molar-refractivity contribution in [2.75, 3.05) is 44.3 Å². The van der Waals surface area contributed by atoms with Gasteiger partial charge >= 0.3 is 0 Å². The highest BCUT2D eigenvalue weighted by Gasteiger charge is 2.45. The van der Waals surface area contributed by atoms with Crippen molar-refractivity contribution >= 4 is 23.1 Å². The number of carbonyl (C=O) groups is 2. The van der Waals surface area contributed by atoms with Gasteiger partial charge in [0.05, 0.1) is 13.2 Å². The van der Waals surface area contributed by atoms with Crippen LogP contribution in [0.5, 0.6) is 0 Å². The molecule has 0 saturated carbocycles. The van der Waals surface area contributed by atoms with Crippen LogP contribution < -0.4 is 10.6 Å². The van der Waals surface area contributed by atoms with Crippen LogP contribution in [0, 0.1) is 5.82 Å². The Balaban J connectivity index is 1.31. The Kier molecular flexibility index (Phi) is 5.50. The summed E-state index contributed by atoms with van der Waals surface area (Å²) in [5.74, 6) is -0.760. The topological polar surface area (TPSA) is 88.8 Å². The van der Waals surface area contributed by atoms with Gasteiger partial charge in [-0.05, 0) is 48.1 Å². The quantitative estimate of drug-likeness (QED) is 0.711. The van der Waals surface area contributed by atoms with Crippen LogP contribution >= 0.6 is 0 Å². The Hall–Kier alpha value is -3.10. The number of nitrogens with two attached hydrogens (primary N) is 1. The molecule has 2 N–H and O–H groups in total. The number of ether oxygens (including phenoxy) is 1. The van der Waals surface area contributed by atoms with Gasteiger partial charge in [-0.1, -0.05) is 19.9 Å². The molecular formula is C28H31FN4O3. The minimum absolute atomic E-state index is 0.200. The van der Waals surface area contributed by atoms with Crippen molar-refractivity contribution in [3.05, 3.63) is 63.6 Å². The second-order valence-corrected chi connectivity index (χ2v) is 10.8. The second-order valence-electron chi connectivity index (χ2n) is 10.8. The van der Waals surface area contributed by atoms with E-state index in [2.05, 4.69) is 9.88 Å². The highest BCUT2D eigenvalue weighted by atomic mass is 19.1. The summed E-state index contributed by atoms with van der Waals surface area (Å²) in [5, 5.41) is 0. The molecule has 0 unspecified atom stereocenters. The number of Topliss-reactive ketones (excluding diaryl/α,β-unsaturated/α-hetero) is 1. The van der Waals surface area contributed by atoms with Crippen molar-refractivity contribution in [3.63, 3.8) is 0 Å². The van der Waals surface area contributed by atoms with Crippen LogP contribution in [0.25, 0.3) is 5.57 Å². The van der Waals surface area contributed by atoms with E-state index in [1.54, 1.807) is 24.4 Å². The van der Waals surface area contributed by atoms with Crippen LogP contribution in [0.2, 0.25) is 0 Å². The molecule has 2 aliphatic carbocycles. The van der Waals surface area contributed by atoms with Crippen LogP contribution in [0.4, 0.5) is 10.2 Å². The fourth-order valence-corrected chi connectivity index (χ4v) is 6.52. The Morgan fingerprint density at radius 2 is 1.86 bits per heavy atom. The fraction of sp³-hybridized carbons (Fsp3) is 0.464. The van der Waals surface area contributed by atoms with E-state index in [4.69, 9.17) is 10.5 Å². The average molecular weight is 491 g/mol. The van der Waals surface area contributed by atoms with Gasteiger partial charge < -0.3 is 15.4 Å². The smallest absolute Gasteiger partial charge is 0.248 e. The molecule has 36 heavy (non-hydrogen) atoms. The third-order valence-corrected chi connectivity index (χ3v) is 8.51. The molecule has 6 rings (SSSR count). The number of fused-ring (bicyclic) bond motifs is 3. The lowest BCUT2D eigenvalue weighted by atomic mass is 9.68. The third-order valence-electron chi connectivity index (χ3n) is 8.51. The van der Waals surface area contributed by atoms with Gasteiger partial charge in [0.2, 0.25) is 5.91 Å². The molecule has 3 heterocycles. The lowest BCUT2D eigenvalue weighted by Crippen LogP contribution is -2.49. The summed E-state index contributed by atoms with van der Waals surface area (Å²) in [5.41, 5.74) is 9.12. The van der Waals surface area contributed by atoms with Gasteiger partial charge in [-0.15, -0.1) is 0 Å². The van der Waals surface area contributed by atoms with Crippen molar-refractivity contribution in [1.82, 2.24) is 9.88 Å². The minimum Gasteiger partial charge on any atom is -0.379 e. The molecule has 2 fully saturated rings. The maximum absolute atomic E-state index is 16.2. The van der Waals surface area contributed by atoms with Crippen molar-refractivity contribution in [3.8, 4) is 0 Å². The molecule has 1 amide bonds. The van der Waals surface area contributed by atoms with E-state index >= 15 is 4.39 Å². The number of piperidine rings is 1. The number of halogens is 1. The number of anilines is 1. The van der Waals surface area contributed by atoms with Crippen LogP contribution in [0.3, 0.4) is 0 Å². The van der Waals surface area contributed by atoms with Gasteiger partial charge in [-0.25, -0.2) is 9.37 Å². The lowest BCUT2D eigenvalue weighted by Gasteiger charge is -2.41. The Bertz CT molecular complexity index is 1300. The highest BCUT2D eigenvalue weighted by Crippen LogP contribution is 2.51. The number of aromatic nitrogens is 1. The number of morpholine rings is 1. The van der Waals surface area contributed by atoms with Crippen LogP contribution in [-0.2, 0) is 16.6 Å². The number of primary amides is 1. The van der Waals surface area contributed by atoms with Gasteiger partial charge in [-0.3, -0.25) is 14.5 Å². The number of ketones is 1. The first-order valence-electron chi connectivity index (χ1n) is 12.7. The minimum atomic E-state index is -0.696. The SMILES string of the molecule is CC1(C)C2=C(C(=O)c3cnc(N4CCC(N5CCOCC5)CC4)c(F)c31)c1ccc(C(N)=O)cc1C2. The van der Waals surface area contributed by atoms with Gasteiger partial charge in [0.15, 0.2) is 17.4 Å². The lowest BCUT2D eigenvalue weighted by molar-refractivity contribution is 0.0114. The third kappa shape index (κ3) is 3.50. The molecule has 7 nitrogen and oxygen atoms in total. The van der Waals surface area contributed by atoms with Crippen LogP contribution in [0.15, 0.2) is 30.0 Å². The summed E-state index contributed by atoms with van der Waals surface area (Å²) in [4.78, 5) is 34.3. The summed E-state index contributed by atoms with van der Waals surface area (Å²) in [6.07, 6.45) is 3.96. The summed E-state index contributed by atoms with van der Waals surface area (Å²) in [7, 11) is 0. The average Bonchev–Trinajstić information content (AvgIpc) is 3.28. The summed E-state index contributed by atoms with van der Waals surface area (Å²) >= 11 is 0. The van der Waals surface area contributed by atoms with Crippen molar-refractivity contribution in [2.24, 2.45) is 5.73 Å². The standard InChI is InChI=1S/C28H31FN4O3/c1-28(2)21-14-17-13-16(26(30)35)3-4-19(17)22(21)25(34)20-15-31-27(24(29)23(20)28)33-7-5-18(6-8-33)32-9-11-36-12-10-32/h3-4,13,15,18H,5-12,14H2,1-2H3,(H2,30,35). The van der Waals surface area contributed by atoms with E-state index in [0.717, 1.165) is 68.9 Å². The van der Waals surface area contributed by atoms with Crippen molar-refractivity contribution < 1.29 is 18.7 Å². The second kappa shape index (κ2) is 8.49. The molecule has 8 heteroatoms. The molecule has 4 aliphatic rings. The summed E-state index contributed by atoms with van der Waals surface area (Å²) < 4.78 is 21.7. The first kappa shape index (κ1) is 23.3. The zero-order valence-corrected chi connectivity index (χ0v) is 20.8. The predicted octanol–water partition coefficient (Wildman–Crippen LogP) is 3.10. The number of rotatable bonds is 3. The number of hydrogen-bond donors (Lipinski definition) is 1. The predicted molar refractivity (Wildman–Crippen MR) is 135 cm³/mol. The Morgan fingerprint density at radius 1 is 1.14 bits per heavy atom. The van der Waals surface area contributed by atoms with Crippen molar-refractivity contribution in [1.29, 1.82) is 0 Å². The largest absolute Gasteiger partial charge is 0.379 e. The Morgan fingerprint density at radius 3 is 2.56 bits per heavy atom. The number of hydrogen-bond acceptors (Lipinski definition) is 6. The van der Waals surface area contributed by atoms with E-state index in [0.29, 0.717) is 40.5 Å². The number of benzene rings is 1. The number of allylic oxidation sites excluding steroid dienone is 2. The van der Waals surface area contributed by atoms with E-state index in [1.807, 2.05) is 18.7 Å². The van der Waals surface area contributed by atoms with Crippen LogP contribution in [-0.4, -0.2) is 67.0 Å². The molecule has 2 aliphatic heterocycles. The normalized spacial score (nSPS) is 21.9. The fourth-order valence-electron chi connectivity index (χ4n) is 6.52. The first-order valence-corrected chi connectivity index (χ1v) is 12.7. The molecule has 2 aromatic rings. The molecule has 0 radical (unpaired) electrons. The first-order chi connectivity index (χ1) is 17.3. The number of carbonyl (C=O) groups excluding carboxylic acids is 2. The molecule has 1 aromatic heterocycles. The zero-order chi connectivity index (χ0) is 25.2. The van der Waals surface area contributed by atoms with Crippen molar-refractivity contribution in [2.45, 2.75) is 44.6 Å². The molecule has 0 atom stereocenters. The number of amides is 1. The highest BCUT2D eigenvalue weighted by molar-refractivity contribution is 6.33. The molecule has 2 saturated heterocycles. The van der Waals surface area contributed by atoms with Gasteiger partial charge in [0, 0.05) is 66.1 Å². The zero-order valence-electron chi connectivity index (χ0n) is 20.8. The van der Waals surface area contributed by atoms with E-state index in [-0.39, 0.29) is 5.78 Å².